The molecule has 0 fully saturated rings. The molecule has 1 aromatic heterocycles. The van der Waals surface area contributed by atoms with Crippen LogP contribution in [-0.4, -0.2) is 18.1 Å². The van der Waals surface area contributed by atoms with Crippen molar-refractivity contribution in [1.82, 2.24) is 10.3 Å². The number of nitrogens with zero attached hydrogens (tertiary/aromatic N) is 1. The van der Waals surface area contributed by atoms with Crippen LogP contribution < -0.4 is 5.32 Å². The summed E-state index contributed by atoms with van der Waals surface area (Å²) in [4.78, 5) is 6.23. The molecule has 0 aromatic carbocycles. The Balaban J connectivity index is 2.05. The third kappa shape index (κ3) is 3.27. The van der Waals surface area contributed by atoms with Crippen LogP contribution in [0.4, 0.5) is 0 Å². The number of fused-ring (bicyclic) bond motifs is 1. The number of ether oxygens (including phenoxy) is 1. The van der Waals surface area contributed by atoms with Crippen molar-refractivity contribution in [3.63, 3.8) is 0 Å². The third-order valence-corrected chi connectivity index (χ3v) is 4.17. The largest absolute Gasteiger partial charge is 0.375 e. The van der Waals surface area contributed by atoms with Gasteiger partial charge in [-0.1, -0.05) is 6.92 Å². The summed E-state index contributed by atoms with van der Waals surface area (Å²) in [5.74, 6) is 0. The van der Waals surface area contributed by atoms with E-state index in [-0.39, 0.29) is 0 Å². The number of thiazole rings is 1. The van der Waals surface area contributed by atoms with Crippen molar-refractivity contribution in [2.75, 3.05) is 13.2 Å². The molecule has 1 aromatic rings. The predicted octanol–water partition coefficient (Wildman–Crippen LogP) is 3.06. The summed E-state index contributed by atoms with van der Waals surface area (Å²) in [6, 6.07) is 0.477. The first-order valence-electron chi connectivity index (χ1n) is 6.64. The highest BCUT2D eigenvalue weighted by atomic mass is 32.1. The van der Waals surface area contributed by atoms with Crippen molar-refractivity contribution in [2.24, 2.45) is 0 Å². The normalized spacial score (nSPS) is 19.3. The lowest BCUT2D eigenvalue weighted by atomic mass is 9.97. The van der Waals surface area contributed by atoms with E-state index in [0.29, 0.717) is 12.6 Å². The summed E-state index contributed by atoms with van der Waals surface area (Å²) in [7, 11) is 0. The number of nitrogens with one attached hydrogen (secondary N) is 1. The standard InChI is InChI=1S/C13H22N2OS/c1-3-8-14-10-6-5-7-11-13(10)15-12(17-11)9-16-4-2/h10,14H,3-9H2,1-2H3. The van der Waals surface area contributed by atoms with Crippen LogP contribution in [0, 0.1) is 0 Å². The van der Waals surface area contributed by atoms with Crippen LogP contribution in [0.3, 0.4) is 0 Å². The second-order valence-electron chi connectivity index (χ2n) is 4.45. The third-order valence-electron chi connectivity index (χ3n) is 3.07. The molecule has 17 heavy (non-hydrogen) atoms. The first-order chi connectivity index (χ1) is 8.35. The van der Waals surface area contributed by atoms with Crippen LogP contribution in [0.1, 0.15) is 54.7 Å². The SMILES string of the molecule is CCCNC1CCCc2sc(COCC)nc21. The van der Waals surface area contributed by atoms with Gasteiger partial charge in [-0.15, -0.1) is 11.3 Å². The van der Waals surface area contributed by atoms with Crippen molar-refractivity contribution in [2.45, 2.75) is 52.2 Å². The minimum absolute atomic E-state index is 0.477. The minimum atomic E-state index is 0.477. The Hall–Kier alpha value is -0.450. The van der Waals surface area contributed by atoms with Crippen LogP contribution in [0.2, 0.25) is 0 Å². The Morgan fingerprint density at radius 3 is 3.12 bits per heavy atom. The Morgan fingerprint density at radius 2 is 2.35 bits per heavy atom. The molecule has 1 atom stereocenters. The van der Waals surface area contributed by atoms with E-state index in [2.05, 4.69) is 12.2 Å². The van der Waals surface area contributed by atoms with Crippen molar-refractivity contribution in [3.8, 4) is 0 Å². The number of rotatable bonds is 6. The van der Waals surface area contributed by atoms with Crippen LogP contribution in [0.15, 0.2) is 0 Å². The predicted molar refractivity (Wildman–Crippen MR) is 71.4 cm³/mol. The first-order valence-corrected chi connectivity index (χ1v) is 7.46. The van der Waals surface area contributed by atoms with E-state index >= 15 is 0 Å². The maximum atomic E-state index is 5.44. The molecule has 0 bridgehead atoms. The van der Waals surface area contributed by atoms with E-state index in [9.17, 15) is 0 Å². The van der Waals surface area contributed by atoms with Gasteiger partial charge in [0, 0.05) is 11.5 Å². The van der Waals surface area contributed by atoms with Gasteiger partial charge >= 0.3 is 0 Å². The summed E-state index contributed by atoms with van der Waals surface area (Å²) in [5, 5.41) is 4.74. The van der Waals surface area contributed by atoms with Crippen molar-refractivity contribution < 1.29 is 4.74 Å². The van der Waals surface area contributed by atoms with Gasteiger partial charge in [0.2, 0.25) is 0 Å². The van der Waals surface area contributed by atoms with Gasteiger partial charge in [-0.3, -0.25) is 0 Å². The van der Waals surface area contributed by atoms with Crippen LogP contribution >= 0.6 is 11.3 Å². The average Bonchev–Trinajstić information content (AvgIpc) is 2.77. The molecule has 0 saturated heterocycles. The average molecular weight is 254 g/mol. The molecule has 1 heterocycles. The highest BCUT2D eigenvalue weighted by molar-refractivity contribution is 7.11. The monoisotopic (exact) mass is 254 g/mol. The van der Waals surface area contributed by atoms with E-state index in [4.69, 9.17) is 9.72 Å². The summed E-state index contributed by atoms with van der Waals surface area (Å²) >= 11 is 1.84. The quantitative estimate of drug-likeness (QED) is 0.847. The molecule has 96 valence electrons. The first kappa shape index (κ1) is 13.0. The molecule has 1 N–H and O–H groups in total. The molecule has 0 radical (unpaired) electrons. The number of hydrogen-bond donors (Lipinski definition) is 1. The Morgan fingerprint density at radius 1 is 1.47 bits per heavy atom. The van der Waals surface area contributed by atoms with Gasteiger partial charge in [-0.05, 0) is 39.2 Å². The van der Waals surface area contributed by atoms with Gasteiger partial charge < -0.3 is 10.1 Å². The van der Waals surface area contributed by atoms with Crippen molar-refractivity contribution in [1.29, 1.82) is 0 Å². The molecule has 1 aliphatic carbocycles. The van der Waals surface area contributed by atoms with E-state index in [0.717, 1.165) is 18.2 Å². The molecular weight excluding hydrogens is 232 g/mol. The van der Waals surface area contributed by atoms with E-state index in [1.807, 2.05) is 18.3 Å². The molecule has 1 unspecified atom stereocenters. The number of aryl methyl sites for hydroxylation is 1. The molecule has 4 heteroatoms. The van der Waals surface area contributed by atoms with Gasteiger partial charge in [0.15, 0.2) is 0 Å². The van der Waals surface area contributed by atoms with Gasteiger partial charge in [0.05, 0.1) is 18.3 Å². The van der Waals surface area contributed by atoms with E-state index in [1.165, 1.54) is 36.3 Å². The zero-order chi connectivity index (χ0) is 12.1. The molecule has 1 aliphatic rings. The number of aromatic nitrogens is 1. The maximum absolute atomic E-state index is 5.44. The van der Waals surface area contributed by atoms with Crippen molar-refractivity contribution >= 4 is 11.3 Å². The summed E-state index contributed by atoms with van der Waals surface area (Å²) < 4.78 is 5.44. The highest BCUT2D eigenvalue weighted by Gasteiger charge is 2.23. The lowest BCUT2D eigenvalue weighted by molar-refractivity contribution is 0.133. The van der Waals surface area contributed by atoms with E-state index < -0.39 is 0 Å². The molecule has 0 aliphatic heterocycles. The van der Waals surface area contributed by atoms with Crippen LogP contribution in [0.5, 0.6) is 0 Å². The molecule has 0 amide bonds. The summed E-state index contributed by atoms with van der Waals surface area (Å²) in [6.45, 7) is 6.76. The fourth-order valence-electron chi connectivity index (χ4n) is 2.24. The van der Waals surface area contributed by atoms with Gasteiger partial charge in [0.25, 0.3) is 0 Å². The fourth-order valence-corrected chi connectivity index (χ4v) is 3.35. The second-order valence-corrected chi connectivity index (χ2v) is 5.62. The Labute approximate surface area is 108 Å². The summed E-state index contributed by atoms with van der Waals surface area (Å²) in [6.07, 6.45) is 4.89. The zero-order valence-electron chi connectivity index (χ0n) is 10.8. The fraction of sp³-hybridized carbons (Fsp3) is 0.769. The van der Waals surface area contributed by atoms with Crippen LogP contribution in [-0.2, 0) is 17.8 Å². The van der Waals surface area contributed by atoms with Gasteiger partial charge in [0.1, 0.15) is 5.01 Å². The zero-order valence-corrected chi connectivity index (χ0v) is 11.6. The molecule has 2 rings (SSSR count). The van der Waals surface area contributed by atoms with Crippen molar-refractivity contribution in [3.05, 3.63) is 15.6 Å². The molecule has 0 spiro atoms. The smallest absolute Gasteiger partial charge is 0.119 e. The topological polar surface area (TPSA) is 34.1 Å². The second kappa shape index (κ2) is 6.47. The van der Waals surface area contributed by atoms with Gasteiger partial charge in [-0.25, -0.2) is 4.98 Å². The summed E-state index contributed by atoms with van der Waals surface area (Å²) in [5.41, 5.74) is 1.30. The lowest BCUT2D eigenvalue weighted by Gasteiger charge is -2.22. The molecule has 3 nitrogen and oxygen atoms in total. The Kier molecular flexibility index (Phi) is 4.95. The molecule has 0 saturated carbocycles. The molecular formula is C13H22N2OS. The maximum Gasteiger partial charge on any atom is 0.119 e. The number of hydrogen-bond acceptors (Lipinski definition) is 4. The lowest BCUT2D eigenvalue weighted by Crippen LogP contribution is -2.25. The van der Waals surface area contributed by atoms with Crippen LogP contribution in [0.25, 0.3) is 0 Å². The minimum Gasteiger partial charge on any atom is -0.375 e. The van der Waals surface area contributed by atoms with Gasteiger partial charge in [-0.2, -0.15) is 0 Å². The highest BCUT2D eigenvalue weighted by Crippen LogP contribution is 2.33. The van der Waals surface area contributed by atoms with E-state index in [1.54, 1.807) is 0 Å². The Bertz CT molecular complexity index is 351.